The summed E-state index contributed by atoms with van der Waals surface area (Å²) in [6.45, 7) is 2.73. The number of hydrogen-bond acceptors (Lipinski definition) is 5. The maximum Gasteiger partial charge on any atom is 0.419 e. The molecule has 0 bridgehead atoms. The number of nitrogens with zero attached hydrogens (tertiary/aromatic N) is 4. The summed E-state index contributed by atoms with van der Waals surface area (Å²) in [6.07, 6.45) is -1.68. The fraction of sp³-hybridized carbons (Fsp3) is 0.471. The summed E-state index contributed by atoms with van der Waals surface area (Å²) in [5, 5.41) is 0. The number of rotatable bonds is 3. The predicted octanol–water partition coefficient (Wildman–Crippen LogP) is 3.61. The Kier molecular flexibility index (Phi) is 5.17. The smallest absolute Gasteiger partial charge is 0.354 e. The maximum absolute atomic E-state index is 13.3. The molecule has 3 rings (SSSR count). The van der Waals surface area contributed by atoms with Gasteiger partial charge in [0.2, 0.25) is 0 Å². The van der Waals surface area contributed by atoms with E-state index in [-0.39, 0.29) is 17.8 Å². The van der Waals surface area contributed by atoms with Gasteiger partial charge < -0.3 is 9.80 Å². The third-order valence-corrected chi connectivity index (χ3v) is 5.51. The Morgan fingerprint density at radius 1 is 1.38 bits per heavy atom. The monoisotopic (exact) mass is 384 g/mol. The van der Waals surface area contributed by atoms with Gasteiger partial charge in [0.15, 0.2) is 0 Å². The number of likely N-dealkylation sites (tertiary alicyclic amines) is 1. The highest BCUT2D eigenvalue weighted by Gasteiger charge is 2.37. The molecule has 0 radical (unpaired) electrons. The van der Waals surface area contributed by atoms with Crippen LogP contribution in [0.3, 0.4) is 0 Å². The molecule has 0 spiro atoms. The SMILES string of the molecule is Cc1ncsc1C(=O)N1CCCC(N(C)c2ncccc2C(F)(F)F)C1. The van der Waals surface area contributed by atoms with Gasteiger partial charge in [-0.15, -0.1) is 11.3 Å². The number of pyridine rings is 1. The molecule has 1 aliphatic heterocycles. The van der Waals surface area contributed by atoms with E-state index in [0.29, 0.717) is 30.1 Å². The van der Waals surface area contributed by atoms with E-state index in [1.807, 2.05) is 0 Å². The van der Waals surface area contributed by atoms with Crippen LogP contribution in [0.4, 0.5) is 19.0 Å². The van der Waals surface area contributed by atoms with Gasteiger partial charge in [-0.25, -0.2) is 9.97 Å². The van der Waals surface area contributed by atoms with Gasteiger partial charge in [-0.1, -0.05) is 0 Å². The molecular formula is C17H19F3N4OS. The minimum absolute atomic E-state index is 0.103. The summed E-state index contributed by atoms with van der Waals surface area (Å²) in [6, 6.07) is 2.09. The van der Waals surface area contributed by atoms with Crippen LogP contribution in [-0.4, -0.2) is 47.0 Å². The molecule has 5 nitrogen and oxygen atoms in total. The minimum Gasteiger partial charge on any atom is -0.354 e. The largest absolute Gasteiger partial charge is 0.419 e. The van der Waals surface area contributed by atoms with E-state index in [1.54, 1.807) is 29.3 Å². The van der Waals surface area contributed by atoms with E-state index in [9.17, 15) is 18.0 Å². The molecular weight excluding hydrogens is 365 g/mol. The fourth-order valence-corrected chi connectivity index (χ4v) is 3.95. The molecule has 1 aliphatic rings. The highest BCUT2D eigenvalue weighted by atomic mass is 32.1. The Bertz CT molecular complexity index is 792. The van der Waals surface area contributed by atoms with Crippen LogP contribution in [0.25, 0.3) is 0 Å². The van der Waals surface area contributed by atoms with Gasteiger partial charge in [-0.3, -0.25) is 4.79 Å². The lowest BCUT2D eigenvalue weighted by Gasteiger charge is -2.38. The van der Waals surface area contributed by atoms with Crippen molar-refractivity contribution in [3.05, 3.63) is 40.0 Å². The molecule has 3 heterocycles. The molecule has 1 fully saturated rings. The number of halogens is 3. The molecule has 1 saturated heterocycles. The number of carbonyl (C=O) groups excluding carboxylic acids is 1. The Morgan fingerprint density at radius 2 is 2.15 bits per heavy atom. The van der Waals surface area contributed by atoms with E-state index in [2.05, 4.69) is 9.97 Å². The van der Waals surface area contributed by atoms with Crippen molar-refractivity contribution in [1.82, 2.24) is 14.9 Å². The normalized spacial score (nSPS) is 18.0. The number of anilines is 1. The van der Waals surface area contributed by atoms with Crippen molar-refractivity contribution in [2.75, 3.05) is 25.0 Å². The quantitative estimate of drug-likeness (QED) is 0.811. The van der Waals surface area contributed by atoms with Crippen molar-refractivity contribution < 1.29 is 18.0 Å². The number of piperidine rings is 1. The van der Waals surface area contributed by atoms with Crippen molar-refractivity contribution in [2.45, 2.75) is 32.0 Å². The van der Waals surface area contributed by atoms with Crippen molar-refractivity contribution in [3.8, 4) is 0 Å². The van der Waals surface area contributed by atoms with Crippen LogP contribution >= 0.6 is 11.3 Å². The number of likely N-dealkylation sites (N-methyl/N-ethyl adjacent to an activating group) is 1. The van der Waals surface area contributed by atoms with Crippen molar-refractivity contribution in [1.29, 1.82) is 0 Å². The van der Waals surface area contributed by atoms with Crippen LogP contribution in [0.2, 0.25) is 0 Å². The Labute approximate surface area is 153 Å². The predicted molar refractivity (Wildman–Crippen MR) is 93.4 cm³/mol. The van der Waals surface area contributed by atoms with Gasteiger partial charge in [0, 0.05) is 32.4 Å². The highest BCUT2D eigenvalue weighted by molar-refractivity contribution is 7.11. The molecule has 0 aliphatic carbocycles. The molecule has 2 aromatic heterocycles. The number of amides is 1. The second-order valence-corrected chi connectivity index (χ2v) is 7.15. The van der Waals surface area contributed by atoms with E-state index in [4.69, 9.17) is 0 Å². The van der Waals surface area contributed by atoms with E-state index in [0.717, 1.165) is 12.5 Å². The average Bonchev–Trinajstić information content (AvgIpc) is 3.06. The van der Waals surface area contributed by atoms with Crippen LogP contribution in [0.1, 0.15) is 33.8 Å². The van der Waals surface area contributed by atoms with Gasteiger partial charge >= 0.3 is 6.18 Å². The molecule has 0 aromatic carbocycles. The maximum atomic E-state index is 13.3. The highest BCUT2D eigenvalue weighted by Crippen LogP contribution is 2.36. The molecule has 140 valence electrons. The molecule has 1 amide bonds. The van der Waals surface area contributed by atoms with Crippen LogP contribution in [0, 0.1) is 6.92 Å². The lowest BCUT2D eigenvalue weighted by Crippen LogP contribution is -2.49. The number of alkyl halides is 3. The van der Waals surface area contributed by atoms with Crippen LogP contribution < -0.4 is 4.90 Å². The second kappa shape index (κ2) is 7.22. The summed E-state index contributed by atoms with van der Waals surface area (Å²) in [5.41, 5.74) is 1.54. The summed E-state index contributed by atoms with van der Waals surface area (Å²) < 4.78 is 39.8. The molecule has 9 heteroatoms. The molecule has 2 aromatic rings. The zero-order valence-corrected chi connectivity index (χ0v) is 15.3. The molecule has 0 saturated carbocycles. The van der Waals surface area contributed by atoms with Gasteiger partial charge in [0.05, 0.1) is 16.8 Å². The number of thiazole rings is 1. The Balaban J connectivity index is 1.80. The summed E-state index contributed by atoms with van der Waals surface area (Å²) in [7, 11) is 1.61. The average molecular weight is 384 g/mol. The Morgan fingerprint density at radius 3 is 2.81 bits per heavy atom. The summed E-state index contributed by atoms with van der Waals surface area (Å²) in [5.74, 6) is -0.214. The third-order valence-electron chi connectivity index (χ3n) is 4.60. The van der Waals surface area contributed by atoms with Crippen LogP contribution in [0.15, 0.2) is 23.8 Å². The summed E-state index contributed by atoms with van der Waals surface area (Å²) >= 11 is 1.29. The number of carbonyl (C=O) groups is 1. The molecule has 26 heavy (non-hydrogen) atoms. The first-order chi connectivity index (χ1) is 12.3. The third kappa shape index (κ3) is 3.67. The number of aromatic nitrogens is 2. The Hall–Kier alpha value is -2.16. The van der Waals surface area contributed by atoms with E-state index < -0.39 is 11.7 Å². The van der Waals surface area contributed by atoms with E-state index >= 15 is 0 Å². The van der Waals surface area contributed by atoms with Gasteiger partial charge in [-0.2, -0.15) is 13.2 Å². The van der Waals surface area contributed by atoms with Crippen LogP contribution in [0.5, 0.6) is 0 Å². The fourth-order valence-electron chi connectivity index (χ4n) is 3.18. The second-order valence-electron chi connectivity index (χ2n) is 6.30. The first-order valence-corrected chi connectivity index (χ1v) is 9.11. The van der Waals surface area contributed by atoms with Crippen molar-refractivity contribution >= 4 is 23.1 Å². The standard InChI is InChI=1S/C17H19F3N4OS/c1-11-14(26-10-22-11)16(25)24-8-4-5-12(9-24)23(2)15-13(17(18,19)20)6-3-7-21-15/h3,6-7,10,12H,4-5,8-9H2,1-2H3. The van der Waals surface area contributed by atoms with Crippen molar-refractivity contribution in [3.63, 3.8) is 0 Å². The molecule has 1 atom stereocenters. The first kappa shape index (κ1) is 18.6. The lowest BCUT2D eigenvalue weighted by molar-refractivity contribution is -0.137. The lowest BCUT2D eigenvalue weighted by atomic mass is 10.0. The van der Waals surface area contributed by atoms with Gasteiger partial charge in [0.1, 0.15) is 10.7 Å². The minimum atomic E-state index is -4.47. The first-order valence-electron chi connectivity index (χ1n) is 8.23. The van der Waals surface area contributed by atoms with Crippen LogP contribution in [-0.2, 0) is 6.18 Å². The van der Waals surface area contributed by atoms with Gasteiger partial charge in [-0.05, 0) is 31.9 Å². The number of aryl methyl sites for hydroxylation is 1. The van der Waals surface area contributed by atoms with Crippen molar-refractivity contribution in [2.24, 2.45) is 0 Å². The topological polar surface area (TPSA) is 49.3 Å². The zero-order valence-electron chi connectivity index (χ0n) is 14.5. The summed E-state index contributed by atoms with van der Waals surface area (Å²) in [4.78, 5) is 24.6. The van der Waals surface area contributed by atoms with E-state index in [1.165, 1.54) is 23.6 Å². The molecule has 1 unspecified atom stereocenters. The van der Waals surface area contributed by atoms with Gasteiger partial charge in [0.25, 0.3) is 5.91 Å². The zero-order chi connectivity index (χ0) is 18.9. The number of hydrogen-bond donors (Lipinski definition) is 0. The molecule has 0 N–H and O–H groups in total.